The lowest BCUT2D eigenvalue weighted by Crippen LogP contribution is -2.30. The van der Waals surface area contributed by atoms with Gasteiger partial charge >= 0.3 is 0 Å². The Labute approximate surface area is 110 Å². The third-order valence-corrected chi connectivity index (χ3v) is 3.23. The van der Waals surface area contributed by atoms with Gasteiger partial charge in [-0.25, -0.2) is 0 Å². The first kappa shape index (κ1) is 11.9. The van der Waals surface area contributed by atoms with Crippen LogP contribution in [0.2, 0.25) is 0 Å². The summed E-state index contributed by atoms with van der Waals surface area (Å²) in [5.41, 5.74) is 2.40. The Hall–Kier alpha value is -2.21. The minimum atomic E-state index is -0.348. The van der Waals surface area contributed by atoms with Crippen LogP contribution in [0.25, 0.3) is 0 Å². The molecule has 1 unspecified atom stereocenters. The number of hydrogen-bond acceptors (Lipinski definition) is 5. The molecule has 0 radical (unpaired) electrons. The highest BCUT2D eigenvalue weighted by molar-refractivity contribution is 5.89. The van der Waals surface area contributed by atoms with Gasteiger partial charge in [0, 0.05) is 13.6 Å². The molecule has 1 aliphatic rings. The lowest BCUT2D eigenvalue weighted by molar-refractivity contribution is 0.0950. The van der Waals surface area contributed by atoms with Gasteiger partial charge in [0.2, 0.25) is 5.89 Å². The van der Waals surface area contributed by atoms with Crippen molar-refractivity contribution in [2.24, 2.45) is 0 Å². The molecule has 19 heavy (non-hydrogen) atoms. The Morgan fingerprint density at radius 1 is 1.47 bits per heavy atom. The number of carbonyl (C=O) groups excluding carboxylic acids is 1. The number of amides is 1. The van der Waals surface area contributed by atoms with E-state index < -0.39 is 0 Å². The molecule has 2 N–H and O–H groups in total. The molecule has 1 aromatic carbocycles. The first-order chi connectivity index (χ1) is 9.29. The summed E-state index contributed by atoms with van der Waals surface area (Å²) in [6.45, 7) is 0.847. The molecule has 6 nitrogen and oxygen atoms in total. The van der Waals surface area contributed by atoms with Crippen LogP contribution in [0, 0.1) is 0 Å². The molecule has 6 heteroatoms. The minimum Gasteiger partial charge on any atom is -0.352 e. The number of nitrogens with zero attached hydrogens (tertiary/aromatic N) is 2. The Bertz CT molecular complexity index is 608. The molecule has 1 aromatic heterocycles. The van der Waals surface area contributed by atoms with Gasteiger partial charge in [-0.2, -0.15) is 4.98 Å². The summed E-state index contributed by atoms with van der Waals surface area (Å²) in [5, 5.41) is 9.50. The summed E-state index contributed by atoms with van der Waals surface area (Å²) in [5.74, 6) is 0.132. The smallest absolute Gasteiger partial charge is 0.292 e. The molecule has 98 valence electrons. The molecule has 1 amide bonds. The largest absolute Gasteiger partial charge is 0.352 e. The zero-order chi connectivity index (χ0) is 13.2. The Morgan fingerprint density at radius 3 is 3.16 bits per heavy atom. The van der Waals surface area contributed by atoms with Crippen molar-refractivity contribution in [2.45, 2.75) is 12.5 Å². The van der Waals surface area contributed by atoms with E-state index in [9.17, 15) is 4.79 Å². The molecular weight excluding hydrogens is 244 g/mol. The van der Waals surface area contributed by atoms with Gasteiger partial charge in [-0.05, 0) is 17.5 Å². The lowest BCUT2D eigenvalue weighted by Gasteiger charge is -2.23. The van der Waals surface area contributed by atoms with Crippen LogP contribution in [0.3, 0.4) is 0 Å². The molecular formula is C13H14N4O2. The Kier molecular flexibility index (Phi) is 3.00. The molecule has 0 saturated heterocycles. The average molecular weight is 258 g/mol. The SMILES string of the molecule is CNC(=O)c1noc(C2NCCc3ccccc32)n1. The van der Waals surface area contributed by atoms with Crippen molar-refractivity contribution in [1.29, 1.82) is 0 Å². The Morgan fingerprint density at radius 2 is 2.32 bits per heavy atom. The second kappa shape index (κ2) is 4.81. The van der Waals surface area contributed by atoms with Gasteiger partial charge < -0.3 is 15.2 Å². The van der Waals surface area contributed by atoms with E-state index in [0.717, 1.165) is 18.5 Å². The van der Waals surface area contributed by atoms with Crippen molar-refractivity contribution < 1.29 is 9.32 Å². The van der Waals surface area contributed by atoms with Gasteiger partial charge in [0.25, 0.3) is 11.7 Å². The van der Waals surface area contributed by atoms with Gasteiger partial charge in [0.1, 0.15) is 6.04 Å². The van der Waals surface area contributed by atoms with E-state index in [-0.39, 0.29) is 17.8 Å². The predicted molar refractivity (Wildman–Crippen MR) is 67.7 cm³/mol. The van der Waals surface area contributed by atoms with Crippen LogP contribution in [-0.4, -0.2) is 29.6 Å². The molecule has 0 saturated carbocycles. The molecule has 1 atom stereocenters. The monoisotopic (exact) mass is 258 g/mol. The number of aromatic nitrogens is 2. The van der Waals surface area contributed by atoms with Crippen LogP contribution < -0.4 is 10.6 Å². The van der Waals surface area contributed by atoms with Crippen molar-refractivity contribution in [3.63, 3.8) is 0 Å². The van der Waals surface area contributed by atoms with Gasteiger partial charge in [-0.1, -0.05) is 29.4 Å². The maximum Gasteiger partial charge on any atom is 0.292 e. The summed E-state index contributed by atoms with van der Waals surface area (Å²) < 4.78 is 5.20. The van der Waals surface area contributed by atoms with Crippen molar-refractivity contribution in [1.82, 2.24) is 20.8 Å². The minimum absolute atomic E-state index is 0.0577. The number of carbonyl (C=O) groups is 1. The van der Waals surface area contributed by atoms with Gasteiger partial charge in [-0.15, -0.1) is 0 Å². The van der Waals surface area contributed by atoms with Crippen LogP contribution in [0.4, 0.5) is 0 Å². The highest BCUT2D eigenvalue weighted by Crippen LogP contribution is 2.27. The van der Waals surface area contributed by atoms with E-state index in [1.807, 2.05) is 18.2 Å². The van der Waals surface area contributed by atoms with Crippen LogP contribution in [0.1, 0.15) is 33.7 Å². The molecule has 2 heterocycles. The average Bonchev–Trinajstić information content (AvgIpc) is 2.95. The van der Waals surface area contributed by atoms with Crippen molar-refractivity contribution in [3.05, 3.63) is 47.1 Å². The lowest BCUT2D eigenvalue weighted by atomic mass is 9.94. The van der Waals surface area contributed by atoms with Crippen molar-refractivity contribution in [2.75, 3.05) is 13.6 Å². The zero-order valence-electron chi connectivity index (χ0n) is 10.5. The summed E-state index contributed by atoms with van der Waals surface area (Å²) in [7, 11) is 1.53. The molecule has 2 aromatic rings. The van der Waals surface area contributed by atoms with Crippen LogP contribution in [0.15, 0.2) is 28.8 Å². The predicted octanol–water partition coefficient (Wildman–Crippen LogP) is 0.664. The third-order valence-electron chi connectivity index (χ3n) is 3.23. The number of rotatable bonds is 2. The molecule has 0 aliphatic carbocycles. The highest BCUT2D eigenvalue weighted by Gasteiger charge is 2.26. The summed E-state index contributed by atoms with van der Waals surface area (Å²) >= 11 is 0. The van der Waals surface area contributed by atoms with Crippen molar-refractivity contribution >= 4 is 5.91 Å². The Balaban J connectivity index is 1.95. The van der Waals surface area contributed by atoms with E-state index >= 15 is 0 Å². The summed E-state index contributed by atoms with van der Waals surface area (Å²) in [6.07, 6.45) is 0.975. The van der Waals surface area contributed by atoms with E-state index in [0.29, 0.717) is 5.89 Å². The standard InChI is InChI=1S/C13H14N4O2/c1-14-12(18)11-16-13(19-17-11)10-9-5-3-2-4-8(9)6-7-15-10/h2-5,10,15H,6-7H2,1H3,(H,14,18). The molecule has 0 fully saturated rings. The number of nitrogens with one attached hydrogen (secondary N) is 2. The fraction of sp³-hybridized carbons (Fsp3) is 0.308. The first-order valence-electron chi connectivity index (χ1n) is 6.16. The van der Waals surface area contributed by atoms with E-state index in [1.165, 1.54) is 12.6 Å². The molecule has 0 bridgehead atoms. The van der Waals surface area contributed by atoms with Crippen LogP contribution >= 0.6 is 0 Å². The van der Waals surface area contributed by atoms with Gasteiger partial charge in [0.05, 0.1) is 0 Å². The zero-order valence-corrected chi connectivity index (χ0v) is 10.5. The number of benzene rings is 1. The van der Waals surface area contributed by atoms with Crippen molar-refractivity contribution in [3.8, 4) is 0 Å². The normalized spacial score (nSPS) is 17.8. The van der Waals surface area contributed by atoms with E-state index in [1.54, 1.807) is 0 Å². The first-order valence-corrected chi connectivity index (χ1v) is 6.16. The molecule has 1 aliphatic heterocycles. The van der Waals surface area contributed by atoms with E-state index in [2.05, 4.69) is 26.8 Å². The second-order valence-corrected chi connectivity index (χ2v) is 4.37. The number of hydrogen-bond donors (Lipinski definition) is 2. The van der Waals surface area contributed by atoms with Gasteiger partial charge in [-0.3, -0.25) is 4.79 Å². The van der Waals surface area contributed by atoms with Crippen LogP contribution in [0.5, 0.6) is 0 Å². The molecule has 3 rings (SSSR count). The maximum atomic E-state index is 11.4. The third kappa shape index (κ3) is 2.10. The maximum absolute atomic E-state index is 11.4. The highest BCUT2D eigenvalue weighted by atomic mass is 16.5. The fourth-order valence-corrected chi connectivity index (χ4v) is 2.28. The van der Waals surface area contributed by atoms with E-state index in [4.69, 9.17) is 4.52 Å². The molecule has 0 spiro atoms. The summed E-state index contributed by atoms with van der Waals surface area (Å²) in [6, 6.07) is 7.99. The number of fused-ring (bicyclic) bond motifs is 1. The summed E-state index contributed by atoms with van der Waals surface area (Å²) in [4.78, 5) is 15.6. The fourth-order valence-electron chi connectivity index (χ4n) is 2.28. The van der Waals surface area contributed by atoms with Crippen LogP contribution in [-0.2, 0) is 6.42 Å². The van der Waals surface area contributed by atoms with Gasteiger partial charge in [0.15, 0.2) is 0 Å². The topological polar surface area (TPSA) is 80.0 Å². The quantitative estimate of drug-likeness (QED) is 0.827. The second-order valence-electron chi connectivity index (χ2n) is 4.37.